The Morgan fingerprint density at radius 1 is 0.789 bits per heavy atom. The predicted molar refractivity (Wildman–Crippen MR) is 77.4 cm³/mol. The summed E-state index contributed by atoms with van der Waals surface area (Å²) >= 11 is 0. The first kappa shape index (κ1) is 15.1. The average molecular weight is 260 g/mol. The molecule has 0 aromatic heterocycles. The summed E-state index contributed by atoms with van der Waals surface area (Å²) in [5.41, 5.74) is 1.78. The fourth-order valence-electron chi connectivity index (χ4n) is 1.58. The lowest BCUT2D eigenvalue weighted by Gasteiger charge is -2.02. The molecule has 0 aliphatic rings. The van der Waals surface area contributed by atoms with Crippen LogP contribution in [-0.2, 0) is 4.74 Å². The highest BCUT2D eigenvalue weighted by Gasteiger charge is 1.98. The number of benzene rings is 2. The highest BCUT2D eigenvalue weighted by atomic mass is 16.5. The molecule has 0 spiro atoms. The van der Waals surface area contributed by atoms with Gasteiger partial charge in [0.1, 0.15) is 11.5 Å². The first-order valence-corrected chi connectivity index (χ1v) is 6.33. The molecule has 3 nitrogen and oxygen atoms in total. The summed E-state index contributed by atoms with van der Waals surface area (Å²) < 4.78 is 4.83. The Kier molecular flexibility index (Phi) is 6.47. The monoisotopic (exact) mass is 260 g/mol. The lowest BCUT2D eigenvalue weighted by Crippen LogP contribution is -1.84. The predicted octanol–water partition coefficient (Wildman–Crippen LogP) is 3.81. The molecule has 2 aromatic rings. The van der Waals surface area contributed by atoms with Crippen LogP contribution < -0.4 is 0 Å². The third kappa shape index (κ3) is 5.44. The SMILES string of the molecule is CCOCC.Oc1cccc(-c2cccc(O)c2)c1. The molecule has 0 aliphatic carbocycles. The molecule has 102 valence electrons. The van der Waals surface area contributed by atoms with E-state index in [2.05, 4.69) is 0 Å². The summed E-state index contributed by atoms with van der Waals surface area (Å²) in [5.74, 6) is 0.455. The number of hydrogen-bond acceptors (Lipinski definition) is 3. The zero-order valence-corrected chi connectivity index (χ0v) is 11.3. The fraction of sp³-hybridized carbons (Fsp3) is 0.250. The van der Waals surface area contributed by atoms with Gasteiger partial charge in [-0.25, -0.2) is 0 Å². The van der Waals surface area contributed by atoms with Crippen molar-refractivity contribution in [3.63, 3.8) is 0 Å². The summed E-state index contributed by atoms with van der Waals surface area (Å²) in [6, 6.07) is 13.9. The first-order chi connectivity index (χ1) is 9.17. The van der Waals surface area contributed by atoms with Gasteiger partial charge in [0.05, 0.1) is 0 Å². The van der Waals surface area contributed by atoms with E-state index in [1.165, 1.54) is 0 Å². The van der Waals surface area contributed by atoms with Crippen molar-refractivity contribution in [2.24, 2.45) is 0 Å². The van der Waals surface area contributed by atoms with Crippen molar-refractivity contribution in [2.45, 2.75) is 13.8 Å². The Hall–Kier alpha value is -2.00. The van der Waals surface area contributed by atoms with Gasteiger partial charge in [-0.1, -0.05) is 24.3 Å². The molecule has 0 heterocycles. The van der Waals surface area contributed by atoms with E-state index < -0.39 is 0 Å². The normalized spacial score (nSPS) is 9.58. The Morgan fingerprint density at radius 2 is 1.21 bits per heavy atom. The molecule has 0 radical (unpaired) electrons. The molecule has 2 N–H and O–H groups in total. The van der Waals surface area contributed by atoms with Gasteiger partial charge in [0.25, 0.3) is 0 Å². The van der Waals surface area contributed by atoms with Crippen molar-refractivity contribution in [1.29, 1.82) is 0 Å². The van der Waals surface area contributed by atoms with E-state index in [0.717, 1.165) is 24.3 Å². The molecule has 0 unspecified atom stereocenters. The second-order valence-corrected chi connectivity index (χ2v) is 3.88. The summed E-state index contributed by atoms with van der Waals surface area (Å²) in [6.45, 7) is 5.67. The molecule has 0 bridgehead atoms. The van der Waals surface area contributed by atoms with Crippen molar-refractivity contribution >= 4 is 0 Å². The van der Waals surface area contributed by atoms with E-state index in [0.29, 0.717) is 0 Å². The fourth-order valence-corrected chi connectivity index (χ4v) is 1.58. The van der Waals surface area contributed by atoms with Crippen LogP contribution in [0.25, 0.3) is 11.1 Å². The van der Waals surface area contributed by atoms with Crippen LogP contribution in [0.5, 0.6) is 11.5 Å². The van der Waals surface area contributed by atoms with Crippen LogP contribution in [0.2, 0.25) is 0 Å². The van der Waals surface area contributed by atoms with Gasteiger partial charge in [0.2, 0.25) is 0 Å². The molecule has 0 aliphatic heterocycles. The largest absolute Gasteiger partial charge is 0.508 e. The van der Waals surface area contributed by atoms with Crippen LogP contribution in [-0.4, -0.2) is 23.4 Å². The van der Waals surface area contributed by atoms with Crippen molar-refractivity contribution in [3.05, 3.63) is 48.5 Å². The minimum atomic E-state index is 0.228. The van der Waals surface area contributed by atoms with Gasteiger partial charge in [-0.05, 0) is 49.2 Å². The molecule has 0 fully saturated rings. The van der Waals surface area contributed by atoms with Crippen molar-refractivity contribution in [1.82, 2.24) is 0 Å². The maximum Gasteiger partial charge on any atom is 0.116 e. The highest BCUT2D eigenvalue weighted by Crippen LogP contribution is 2.25. The van der Waals surface area contributed by atoms with Gasteiger partial charge in [-0.2, -0.15) is 0 Å². The second-order valence-electron chi connectivity index (χ2n) is 3.88. The van der Waals surface area contributed by atoms with Crippen LogP contribution in [0.4, 0.5) is 0 Å². The average Bonchev–Trinajstić information content (AvgIpc) is 2.40. The maximum atomic E-state index is 9.28. The summed E-state index contributed by atoms with van der Waals surface area (Å²) in [5, 5.41) is 18.6. The Morgan fingerprint density at radius 3 is 1.47 bits per heavy atom. The molecule has 0 saturated heterocycles. The minimum absolute atomic E-state index is 0.228. The number of hydrogen-bond donors (Lipinski definition) is 2. The highest BCUT2D eigenvalue weighted by molar-refractivity contribution is 5.66. The quantitative estimate of drug-likeness (QED) is 0.882. The lowest BCUT2D eigenvalue weighted by molar-refractivity contribution is 0.162. The van der Waals surface area contributed by atoms with Crippen LogP contribution >= 0.6 is 0 Å². The third-order valence-electron chi connectivity index (χ3n) is 2.43. The van der Waals surface area contributed by atoms with E-state index >= 15 is 0 Å². The molecular formula is C16H20O3. The topological polar surface area (TPSA) is 49.7 Å². The molecule has 19 heavy (non-hydrogen) atoms. The lowest BCUT2D eigenvalue weighted by atomic mass is 10.1. The van der Waals surface area contributed by atoms with Crippen LogP contribution in [0.3, 0.4) is 0 Å². The summed E-state index contributed by atoms with van der Waals surface area (Å²) in [7, 11) is 0. The molecule has 0 atom stereocenters. The number of phenolic OH excluding ortho intramolecular Hbond substituents is 2. The van der Waals surface area contributed by atoms with Crippen molar-refractivity contribution < 1.29 is 14.9 Å². The second kappa shape index (κ2) is 8.16. The number of ether oxygens (including phenoxy) is 1. The van der Waals surface area contributed by atoms with Crippen molar-refractivity contribution in [3.8, 4) is 22.6 Å². The van der Waals surface area contributed by atoms with Gasteiger partial charge >= 0.3 is 0 Å². The van der Waals surface area contributed by atoms with E-state index in [1.54, 1.807) is 36.4 Å². The Labute approximate surface area is 114 Å². The number of rotatable bonds is 3. The van der Waals surface area contributed by atoms with Crippen LogP contribution in [0, 0.1) is 0 Å². The standard InChI is InChI=1S/C12H10O2.C4H10O/c13-11-5-1-3-9(7-11)10-4-2-6-12(14)8-10;1-3-5-4-2/h1-8,13-14H;3-4H2,1-2H3. The maximum absolute atomic E-state index is 9.28. The van der Waals surface area contributed by atoms with Crippen LogP contribution in [0.1, 0.15) is 13.8 Å². The molecule has 2 aromatic carbocycles. The van der Waals surface area contributed by atoms with Gasteiger partial charge < -0.3 is 14.9 Å². The van der Waals surface area contributed by atoms with Gasteiger partial charge in [0, 0.05) is 13.2 Å². The Balaban J connectivity index is 0.000000312. The van der Waals surface area contributed by atoms with E-state index in [4.69, 9.17) is 4.74 Å². The Bertz CT molecular complexity index is 449. The zero-order valence-electron chi connectivity index (χ0n) is 11.3. The first-order valence-electron chi connectivity index (χ1n) is 6.33. The molecular weight excluding hydrogens is 240 g/mol. The molecule has 0 saturated carbocycles. The van der Waals surface area contributed by atoms with E-state index in [9.17, 15) is 10.2 Å². The minimum Gasteiger partial charge on any atom is -0.508 e. The van der Waals surface area contributed by atoms with Gasteiger partial charge in [-0.15, -0.1) is 0 Å². The van der Waals surface area contributed by atoms with E-state index in [1.807, 2.05) is 26.0 Å². The van der Waals surface area contributed by atoms with Gasteiger partial charge in [-0.3, -0.25) is 0 Å². The smallest absolute Gasteiger partial charge is 0.116 e. The molecule has 3 heteroatoms. The van der Waals surface area contributed by atoms with E-state index in [-0.39, 0.29) is 11.5 Å². The van der Waals surface area contributed by atoms with Gasteiger partial charge in [0.15, 0.2) is 0 Å². The molecule has 0 amide bonds. The third-order valence-corrected chi connectivity index (χ3v) is 2.43. The van der Waals surface area contributed by atoms with Crippen molar-refractivity contribution in [2.75, 3.05) is 13.2 Å². The number of phenols is 2. The summed E-state index contributed by atoms with van der Waals surface area (Å²) in [4.78, 5) is 0. The van der Waals surface area contributed by atoms with Crippen LogP contribution in [0.15, 0.2) is 48.5 Å². The zero-order chi connectivity index (χ0) is 14.1. The number of aromatic hydroxyl groups is 2. The summed E-state index contributed by atoms with van der Waals surface area (Å²) in [6.07, 6.45) is 0. The molecule has 2 rings (SSSR count).